The van der Waals surface area contributed by atoms with E-state index in [9.17, 15) is 53.6 Å². The zero-order valence-corrected chi connectivity index (χ0v) is 25.0. The van der Waals surface area contributed by atoms with Crippen molar-refractivity contribution in [2.75, 3.05) is 0 Å². The van der Waals surface area contributed by atoms with Crippen molar-refractivity contribution in [1.29, 1.82) is 5.26 Å². The Morgan fingerprint density at radius 3 is 1.96 bits per heavy atom. The second-order valence-electron chi connectivity index (χ2n) is 10.6. The monoisotopic (exact) mass is 688 g/mol. The highest BCUT2D eigenvalue weighted by Gasteiger charge is 2.37. The highest BCUT2D eigenvalue weighted by molar-refractivity contribution is 7.90. The van der Waals surface area contributed by atoms with Gasteiger partial charge in [0.05, 0.1) is 34.0 Å². The molecule has 0 saturated carbocycles. The first-order valence-corrected chi connectivity index (χ1v) is 15.4. The number of rotatable bonds is 7. The topological polar surface area (TPSA) is 79.9 Å². The van der Waals surface area contributed by atoms with Crippen LogP contribution < -0.4 is 5.56 Å². The van der Waals surface area contributed by atoms with E-state index in [2.05, 4.69) is 0 Å². The van der Waals surface area contributed by atoms with Crippen LogP contribution in [0.1, 0.15) is 27.8 Å². The first kappa shape index (κ1) is 34.1. The molecule has 48 heavy (non-hydrogen) atoms. The molecule has 0 aliphatic rings. The van der Waals surface area contributed by atoms with Gasteiger partial charge in [-0.25, -0.2) is 17.2 Å². The van der Waals surface area contributed by atoms with Crippen LogP contribution in [0.3, 0.4) is 0 Å². The van der Waals surface area contributed by atoms with Gasteiger partial charge in [0.15, 0.2) is 9.84 Å². The number of hydrogen-bond acceptors (Lipinski definition) is 4. The fraction of sp³-hybridized carbons (Fsp3) is 0.118. The largest absolute Gasteiger partial charge is 0.417 e. The van der Waals surface area contributed by atoms with Gasteiger partial charge in [-0.15, -0.1) is 0 Å². The number of halogens is 8. The van der Waals surface area contributed by atoms with E-state index in [4.69, 9.17) is 0 Å². The van der Waals surface area contributed by atoms with Crippen molar-refractivity contribution in [3.8, 4) is 28.5 Å². The average molecular weight is 689 g/mol. The van der Waals surface area contributed by atoms with Crippen molar-refractivity contribution in [3.63, 3.8) is 0 Å². The molecule has 0 amide bonds. The number of alkyl halides is 6. The molecule has 1 heterocycles. The summed E-state index contributed by atoms with van der Waals surface area (Å²) in [6.45, 7) is -0.703. The Morgan fingerprint density at radius 1 is 0.729 bits per heavy atom. The molecule has 0 atom stereocenters. The van der Waals surface area contributed by atoms with Crippen LogP contribution >= 0.6 is 0 Å². The molecular formula is C34H20F8N2O3S. The average Bonchev–Trinajstić information content (AvgIpc) is 3.02. The lowest BCUT2D eigenvalue weighted by molar-refractivity contribution is -0.138. The summed E-state index contributed by atoms with van der Waals surface area (Å²) >= 11 is 0. The lowest BCUT2D eigenvalue weighted by Gasteiger charge is -2.18. The van der Waals surface area contributed by atoms with Gasteiger partial charge in [-0.1, -0.05) is 60.7 Å². The van der Waals surface area contributed by atoms with E-state index in [1.54, 1.807) is 18.2 Å². The molecule has 5 aromatic rings. The smallest absolute Gasteiger partial charge is 0.303 e. The molecule has 4 aromatic carbocycles. The van der Waals surface area contributed by atoms with Crippen molar-refractivity contribution in [3.05, 3.63) is 147 Å². The zero-order valence-electron chi connectivity index (χ0n) is 24.2. The highest BCUT2D eigenvalue weighted by Crippen LogP contribution is 2.37. The Balaban J connectivity index is 1.64. The molecule has 0 bridgehead atoms. The molecule has 1 aromatic heterocycles. The Morgan fingerprint density at radius 2 is 1.38 bits per heavy atom. The molecule has 0 aliphatic carbocycles. The van der Waals surface area contributed by atoms with E-state index in [0.717, 1.165) is 18.2 Å². The normalized spacial score (nSPS) is 12.1. The Kier molecular flexibility index (Phi) is 9.03. The third-order valence-corrected chi connectivity index (χ3v) is 9.03. The molecule has 0 N–H and O–H groups in total. The molecule has 246 valence electrons. The molecule has 0 aliphatic heterocycles. The maximum atomic E-state index is 14.5. The van der Waals surface area contributed by atoms with Crippen LogP contribution in [0.4, 0.5) is 35.1 Å². The summed E-state index contributed by atoms with van der Waals surface area (Å²) in [6, 6.07) is 18.9. The van der Waals surface area contributed by atoms with Crippen molar-refractivity contribution in [2.45, 2.75) is 29.5 Å². The van der Waals surface area contributed by atoms with E-state index in [1.165, 1.54) is 42.5 Å². The van der Waals surface area contributed by atoms with E-state index in [1.807, 2.05) is 0 Å². The minimum Gasteiger partial charge on any atom is -0.303 e. The van der Waals surface area contributed by atoms with Crippen LogP contribution in [0.25, 0.3) is 22.4 Å². The summed E-state index contributed by atoms with van der Waals surface area (Å²) in [5.74, 6) is -2.64. The van der Waals surface area contributed by atoms with E-state index in [-0.39, 0.29) is 22.3 Å². The van der Waals surface area contributed by atoms with Gasteiger partial charge in [0.25, 0.3) is 5.56 Å². The van der Waals surface area contributed by atoms with Gasteiger partial charge in [0.1, 0.15) is 23.3 Å². The summed E-state index contributed by atoms with van der Waals surface area (Å²) in [5, 5.41) is 9.40. The Hall–Kier alpha value is -5.29. The standard InChI is InChI=1S/C34H20F8N2O3S/c35-26-11-10-23(30(36)15-26)18-44-31(16-29(34(40,41)42)28(17-43)32(44)45)22-8-6-21(7-9-22)24-12-25(33(37,38)39)14-27(13-24)48(46,47)19-20-4-2-1-3-5-20/h1-16H,18-19H2. The molecule has 5 rings (SSSR count). The maximum absolute atomic E-state index is 14.5. The molecule has 0 radical (unpaired) electrons. The predicted octanol–water partition coefficient (Wildman–Crippen LogP) is 8.39. The van der Waals surface area contributed by atoms with Gasteiger partial charge in [0, 0.05) is 11.6 Å². The minimum atomic E-state index is -5.15. The summed E-state index contributed by atoms with van der Waals surface area (Å²) < 4.78 is 138. The number of hydrogen-bond donors (Lipinski definition) is 0. The second-order valence-corrected chi connectivity index (χ2v) is 12.6. The molecule has 14 heteroatoms. The van der Waals surface area contributed by atoms with E-state index >= 15 is 0 Å². The van der Waals surface area contributed by atoms with Gasteiger partial charge in [0.2, 0.25) is 0 Å². The Bertz CT molecular complexity index is 2220. The van der Waals surface area contributed by atoms with Gasteiger partial charge < -0.3 is 4.57 Å². The van der Waals surface area contributed by atoms with Gasteiger partial charge in [-0.3, -0.25) is 4.79 Å². The van der Waals surface area contributed by atoms with E-state index < -0.39 is 79.0 Å². The van der Waals surface area contributed by atoms with Crippen molar-refractivity contribution < 1.29 is 43.5 Å². The van der Waals surface area contributed by atoms with Gasteiger partial charge in [-0.2, -0.15) is 31.6 Å². The molecule has 0 unspecified atom stereocenters. The highest BCUT2D eigenvalue weighted by atomic mass is 32.2. The quantitative estimate of drug-likeness (QED) is 0.161. The molecular weight excluding hydrogens is 668 g/mol. The van der Waals surface area contributed by atoms with E-state index in [0.29, 0.717) is 34.4 Å². The summed E-state index contributed by atoms with van der Waals surface area (Å²) in [6.07, 6.45) is -10.1. The lowest BCUT2D eigenvalue weighted by atomic mass is 9.99. The van der Waals surface area contributed by atoms with Gasteiger partial charge >= 0.3 is 12.4 Å². The van der Waals surface area contributed by atoms with Crippen LogP contribution in [0.5, 0.6) is 0 Å². The van der Waals surface area contributed by atoms with Crippen molar-refractivity contribution in [2.24, 2.45) is 0 Å². The summed E-state index contributed by atoms with van der Waals surface area (Å²) in [4.78, 5) is 12.6. The Labute approximate surface area is 267 Å². The fourth-order valence-corrected chi connectivity index (χ4v) is 6.42. The summed E-state index contributed by atoms with van der Waals surface area (Å²) in [7, 11) is -4.27. The molecule has 0 saturated heterocycles. The second kappa shape index (κ2) is 12.7. The minimum absolute atomic E-state index is 0.0455. The lowest BCUT2D eigenvalue weighted by Crippen LogP contribution is -2.29. The van der Waals surface area contributed by atoms with Crippen molar-refractivity contribution >= 4 is 9.84 Å². The number of sulfone groups is 1. The molecule has 0 spiro atoms. The molecule has 5 nitrogen and oxygen atoms in total. The van der Waals surface area contributed by atoms with Crippen LogP contribution in [-0.2, 0) is 34.5 Å². The van der Waals surface area contributed by atoms with Crippen LogP contribution in [0.2, 0.25) is 0 Å². The van der Waals surface area contributed by atoms with Crippen LogP contribution in [0.15, 0.2) is 107 Å². The third-order valence-electron chi connectivity index (χ3n) is 7.37. The zero-order chi connectivity index (χ0) is 35.0. The summed E-state index contributed by atoms with van der Waals surface area (Å²) in [5.41, 5.74) is -6.10. The van der Waals surface area contributed by atoms with Crippen LogP contribution in [-0.4, -0.2) is 13.0 Å². The SMILES string of the molecule is N#Cc1c(C(F)(F)F)cc(-c2ccc(-c3cc(C(F)(F)F)cc(S(=O)(=O)Cc4ccccc4)c3)cc2)n(Cc2ccc(F)cc2F)c1=O. The fourth-order valence-electron chi connectivity index (χ4n) is 5.01. The number of aromatic nitrogens is 1. The first-order valence-electron chi connectivity index (χ1n) is 13.8. The molecule has 0 fully saturated rings. The van der Waals surface area contributed by atoms with Crippen LogP contribution in [0, 0.1) is 23.0 Å². The number of nitriles is 1. The number of pyridine rings is 1. The predicted molar refractivity (Wildman–Crippen MR) is 159 cm³/mol. The first-order chi connectivity index (χ1) is 22.5. The van der Waals surface area contributed by atoms with Gasteiger partial charge in [-0.05, 0) is 52.6 Å². The maximum Gasteiger partial charge on any atom is 0.417 e. The number of benzene rings is 4. The third kappa shape index (κ3) is 7.16. The van der Waals surface area contributed by atoms with Crippen molar-refractivity contribution in [1.82, 2.24) is 4.57 Å². The number of nitrogens with zero attached hydrogens (tertiary/aromatic N) is 2.